The maximum atomic E-state index is 5.48. The molecule has 2 rings (SSSR count). The molecule has 0 aliphatic carbocycles. The summed E-state index contributed by atoms with van der Waals surface area (Å²) in [7, 11) is 0. The van der Waals surface area contributed by atoms with Gasteiger partial charge in [0.25, 0.3) is 0 Å². The van der Waals surface area contributed by atoms with E-state index < -0.39 is 0 Å². The molecular formula is C17H19N. The molecule has 2 N–H and O–H groups in total. The van der Waals surface area contributed by atoms with Crippen molar-refractivity contribution in [3.8, 4) is 11.1 Å². The van der Waals surface area contributed by atoms with Crippen LogP contribution in [0.3, 0.4) is 0 Å². The third-order valence-electron chi connectivity index (χ3n) is 2.92. The predicted molar refractivity (Wildman–Crippen MR) is 79.3 cm³/mol. The van der Waals surface area contributed by atoms with Gasteiger partial charge in [-0.3, -0.25) is 0 Å². The van der Waals surface area contributed by atoms with Crippen LogP contribution in [0.1, 0.15) is 17.5 Å². The van der Waals surface area contributed by atoms with Crippen molar-refractivity contribution in [2.24, 2.45) is 5.73 Å². The maximum Gasteiger partial charge on any atom is -0.00425 e. The zero-order valence-electron chi connectivity index (χ0n) is 10.8. The van der Waals surface area contributed by atoms with E-state index in [0.717, 1.165) is 6.42 Å². The average Bonchev–Trinajstić information content (AvgIpc) is 2.40. The standard InChI is InChI=1S/C17H19N/c1-14-8-10-16(11-9-14)17-7-4-6-15(13-17)5-2-3-12-18/h2,4-11,13H,3,12,18H2,1H3/b5-2+. The van der Waals surface area contributed by atoms with Crippen LogP contribution < -0.4 is 5.73 Å². The number of hydrogen-bond donors (Lipinski definition) is 1. The lowest BCUT2D eigenvalue weighted by Crippen LogP contribution is -1.94. The highest BCUT2D eigenvalue weighted by atomic mass is 14.5. The first-order valence-corrected chi connectivity index (χ1v) is 6.33. The predicted octanol–water partition coefficient (Wildman–Crippen LogP) is 4.02. The third-order valence-corrected chi connectivity index (χ3v) is 2.92. The minimum absolute atomic E-state index is 0.703. The summed E-state index contributed by atoms with van der Waals surface area (Å²) in [4.78, 5) is 0. The van der Waals surface area contributed by atoms with Gasteiger partial charge in [-0.15, -0.1) is 0 Å². The molecule has 0 unspecified atom stereocenters. The lowest BCUT2D eigenvalue weighted by atomic mass is 10.0. The molecule has 92 valence electrons. The van der Waals surface area contributed by atoms with Crippen LogP contribution >= 0.6 is 0 Å². The molecule has 0 saturated carbocycles. The molecule has 1 nitrogen and oxygen atoms in total. The molecule has 0 aliphatic rings. The van der Waals surface area contributed by atoms with E-state index in [9.17, 15) is 0 Å². The van der Waals surface area contributed by atoms with Crippen LogP contribution in [0.2, 0.25) is 0 Å². The van der Waals surface area contributed by atoms with E-state index in [0.29, 0.717) is 6.54 Å². The van der Waals surface area contributed by atoms with Crippen LogP contribution in [0.4, 0.5) is 0 Å². The van der Waals surface area contributed by atoms with Gasteiger partial charge in [-0.2, -0.15) is 0 Å². The summed E-state index contributed by atoms with van der Waals surface area (Å²) in [5.41, 5.74) is 10.5. The van der Waals surface area contributed by atoms with Gasteiger partial charge >= 0.3 is 0 Å². The highest BCUT2D eigenvalue weighted by Crippen LogP contribution is 2.21. The number of aryl methyl sites for hydroxylation is 1. The lowest BCUT2D eigenvalue weighted by molar-refractivity contribution is 1.01. The molecule has 0 aromatic heterocycles. The molecule has 0 spiro atoms. The van der Waals surface area contributed by atoms with Crippen molar-refractivity contribution in [3.63, 3.8) is 0 Å². The molecule has 0 bridgehead atoms. The SMILES string of the molecule is Cc1ccc(-c2cccc(/C=C/CCN)c2)cc1. The fraction of sp³-hybridized carbons (Fsp3) is 0.176. The zero-order chi connectivity index (χ0) is 12.8. The summed E-state index contributed by atoms with van der Waals surface area (Å²) in [6.07, 6.45) is 5.17. The normalized spacial score (nSPS) is 11.0. The van der Waals surface area contributed by atoms with Gasteiger partial charge in [0.2, 0.25) is 0 Å². The quantitative estimate of drug-likeness (QED) is 0.853. The Morgan fingerprint density at radius 3 is 2.50 bits per heavy atom. The summed E-state index contributed by atoms with van der Waals surface area (Å²) in [6.45, 7) is 2.81. The Morgan fingerprint density at radius 1 is 1.00 bits per heavy atom. The largest absolute Gasteiger partial charge is 0.330 e. The van der Waals surface area contributed by atoms with Crippen molar-refractivity contribution in [2.45, 2.75) is 13.3 Å². The highest BCUT2D eigenvalue weighted by molar-refractivity contribution is 5.67. The molecule has 0 fully saturated rings. The maximum absolute atomic E-state index is 5.48. The molecule has 0 saturated heterocycles. The fourth-order valence-corrected chi connectivity index (χ4v) is 1.88. The monoisotopic (exact) mass is 237 g/mol. The van der Waals surface area contributed by atoms with Crippen LogP contribution in [0.25, 0.3) is 17.2 Å². The Labute approximate surface area is 109 Å². The minimum atomic E-state index is 0.703. The highest BCUT2D eigenvalue weighted by Gasteiger charge is 1.97. The lowest BCUT2D eigenvalue weighted by Gasteiger charge is -2.03. The summed E-state index contributed by atoms with van der Waals surface area (Å²) in [5.74, 6) is 0. The topological polar surface area (TPSA) is 26.0 Å². The van der Waals surface area contributed by atoms with Gasteiger partial charge in [-0.25, -0.2) is 0 Å². The van der Waals surface area contributed by atoms with Gasteiger partial charge in [0.15, 0.2) is 0 Å². The average molecular weight is 237 g/mol. The number of hydrogen-bond acceptors (Lipinski definition) is 1. The Morgan fingerprint density at radius 2 is 1.78 bits per heavy atom. The van der Waals surface area contributed by atoms with Crippen molar-refractivity contribution < 1.29 is 0 Å². The minimum Gasteiger partial charge on any atom is -0.330 e. The number of nitrogens with two attached hydrogens (primary N) is 1. The van der Waals surface area contributed by atoms with Crippen LogP contribution in [-0.2, 0) is 0 Å². The molecular weight excluding hydrogens is 218 g/mol. The van der Waals surface area contributed by atoms with Crippen molar-refractivity contribution in [1.29, 1.82) is 0 Å². The van der Waals surface area contributed by atoms with Gasteiger partial charge < -0.3 is 5.73 Å². The van der Waals surface area contributed by atoms with Gasteiger partial charge in [0, 0.05) is 0 Å². The van der Waals surface area contributed by atoms with E-state index in [1.165, 1.54) is 22.3 Å². The number of benzene rings is 2. The van der Waals surface area contributed by atoms with E-state index in [4.69, 9.17) is 5.73 Å². The van der Waals surface area contributed by atoms with Gasteiger partial charge in [-0.1, -0.05) is 60.2 Å². The van der Waals surface area contributed by atoms with Gasteiger partial charge in [0.05, 0.1) is 0 Å². The van der Waals surface area contributed by atoms with E-state index in [2.05, 4.69) is 67.6 Å². The number of rotatable bonds is 4. The van der Waals surface area contributed by atoms with Crippen molar-refractivity contribution in [2.75, 3.05) is 6.54 Å². The van der Waals surface area contributed by atoms with Crippen LogP contribution in [0.15, 0.2) is 54.6 Å². The Bertz CT molecular complexity index is 524. The van der Waals surface area contributed by atoms with Crippen molar-refractivity contribution in [3.05, 3.63) is 65.7 Å². The molecule has 1 heteroatoms. The summed E-state index contributed by atoms with van der Waals surface area (Å²) >= 11 is 0. The van der Waals surface area contributed by atoms with Crippen LogP contribution in [0, 0.1) is 6.92 Å². The van der Waals surface area contributed by atoms with E-state index in [-0.39, 0.29) is 0 Å². The Balaban J connectivity index is 2.24. The zero-order valence-corrected chi connectivity index (χ0v) is 10.8. The van der Waals surface area contributed by atoms with Gasteiger partial charge in [0.1, 0.15) is 0 Å². The van der Waals surface area contributed by atoms with E-state index in [1.54, 1.807) is 0 Å². The molecule has 18 heavy (non-hydrogen) atoms. The Kier molecular flexibility index (Phi) is 4.32. The smallest absolute Gasteiger partial charge is 0.00425 e. The third kappa shape index (κ3) is 3.31. The first-order valence-electron chi connectivity index (χ1n) is 6.33. The van der Waals surface area contributed by atoms with Gasteiger partial charge in [-0.05, 0) is 42.6 Å². The first-order chi connectivity index (χ1) is 8.79. The summed E-state index contributed by atoms with van der Waals surface area (Å²) < 4.78 is 0. The van der Waals surface area contributed by atoms with Crippen LogP contribution in [0.5, 0.6) is 0 Å². The summed E-state index contributed by atoms with van der Waals surface area (Å²) in [6, 6.07) is 17.2. The second-order valence-corrected chi connectivity index (χ2v) is 4.47. The molecule has 0 amide bonds. The fourth-order valence-electron chi connectivity index (χ4n) is 1.88. The second-order valence-electron chi connectivity index (χ2n) is 4.47. The van der Waals surface area contributed by atoms with Crippen molar-refractivity contribution in [1.82, 2.24) is 0 Å². The molecule has 0 atom stereocenters. The van der Waals surface area contributed by atoms with Crippen LogP contribution in [-0.4, -0.2) is 6.54 Å². The first kappa shape index (κ1) is 12.6. The summed E-state index contributed by atoms with van der Waals surface area (Å²) in [5, 5.41) is 0. The van der Waals surface area contributed by atoms with Crippen molar-refractivity contribution >= 4 is 6.08 Å². The second kappa shape index (κ2) is 6.18. The van der Waals surface area contributed by atoms with E-state index >= 15 is 0 Å². The van der Waals surface area contributed by atoms with E-state index in [1.807, 2.05) is 0 Å². The molecule has 2 aromatic carbocycles. The molecule has 0 radical (unpaired) electrons. The molecule has 0 aliphatic heterocycles. The molecule has 2 aromatic rings. The Hall–Kier alpha value is -1.86. The molecule has 0 heterocycles.